The van der Waals surface area contributed by atoms with Gasteiger partial charge in [-0.05, 0) is 29.1 Å². The second kappa shape index (κ2) is 7.27. The Morgan fingerprint density at radius 1 is 1.20 bits per heavy atom. The molecule has 3 rings (SSSR count). The van der Waals surface area contributed by atoms with E-state index in [1.165, 1.54) is 22.2 Å². The minimum atomic E-state index is -0.404. The molecule has 3 aromatic rings. The number of hydrogen-bond acceptors (Lipinski definition) is 5. The van der Waals surface area contributed by atoms with Crippen molar-refractivity contribution in [1.82, 2.24) is 9.55 Å². The highest BCUT2D eigenvalue weighted by Crippen LogP contribution is 2.13. The molecule has 0 aliphatic rings. The van der Waals surface area contributed by atoms with E-state index in [1.54, 1.807) is 30.3 Å². The fourth-order valence-corrected chi connectivity index (χ4v) is 3.13. The highest BCUT2D eigenvalue weighted by atomic mass is 32.1. The number of aromatic nitrogens is 2. The Morgan fingerprint density at radius 2 is 1.96 bits per heavy atom. The van der Waals surface area contributed by atoms with Gasteiger partial charge in [0.25, 0.3) is 5.56 Å². The Labute approximate surface area is 147 Å². The summed E-state index contributed by atoms with van der Waals surface area (Å²) in [6.45, 7) is 0.253. The fourth-order valence-electron chi connectivity index (χ4n) is 2.41. The Morgan fingerprint density at radius 3 is 2.68 bits per heavy atom. The molecule has 0 aliphatic carbocycles. The molecule has 2 heterocycles. The molecule has 2 amide bonds. The second-order valence-electron chi connectivity index (χ2n) is 5.52. The third kappa shape index (κ3) is 4.10. The van der Waals surface area contributed by atoms with Crippen molar-refractivity contribution < 1.29 is 9.59 Å². The molecular formula is C17H16N4O3S. The zero-order chi connectivity index (χ0) is 17.8. The molecule has 0 bridgehead atoms. The molecule has 3 N–H and O–H groups in total. The Kier molecular flexibility index (Phi) is 4.90. The standard InChI is InChI=1S/C17H16N4O3S/c18-14(22)9-11-1-3-12(4-2-11)20-15(23)5-7-21-10-19-16-13(17(21)24)6-8-25-16/h1-4,6,8,10H,5,7,9H2,(H2,18,22)(H,20,23). The summed E-state index contributed by atoms with van der Waals surface area (Å²) >= 11 is 1.41. The number of amides is 2. The van der Waals surface area contributed by atoms with Crippen molar-refractivity contribution in [2.75, 3.05) is 5.32 Å². The van der Waals surface area contributed by atoms with Gasteiger partial charge in [0.05, 0.1) is 18.1 Å². The van der Waals surface area contributed by atoms with Gasteiger partial charge in [-0.15, -0.1) is 11.3 Å². The van der Waals surface area contributed by atoms with Gasteiger partial charge in [0.15, 0.2) is 0 Å². The molecule has 0 saturated heterocycles. The van der Waals surface area contributed by atoms with Crippen LogP contribution in [0.25, 0.3) is 10.2 Å². The third-order valence-corrected chi connectivity index (χ3v) is 4.47. The molecule has 0 atom stereocenters. The van der Waals surface area contributed by atoms with Crippen LogP contribution in [0, 0.1) is 0 Å². The lowest BCUT2D eigenvalue weighted by molar-refractivity contribution is -0.117. The maximum atomic E-state index is 12.2. The molecule has 0 aliphatic heterocycles. The minimum Gasteiger partial charge on any atom is -0.369 e. The molecule has 0 unspecified atom stereocenters. The van der Waals surface area contributed by atoms with Gasteiger partial charge in [0.2, 0.25) is 11.8 Å². The van der Waals surface area contributed by atoms with Crippen molar-refractivity contribution in [2.45, 2.75) is 19.4 Å². The molecule has 8 heteroatoms. The van der Waals surface area contributed by atoms with E-state index in [0.717, 1.165) is 5.56 Å². The first-order valence-electron chi connectivity index (χ1n) is 7.62. The predicted molar refractivity (Wildman–Crippen MR) is 96.5 cm³/mol. The van der Waals surface area contributed by atoms with E-state index >= 15 is 0 Å². The van der Waals surface area contributed by atoms with Crippen LogP contribution in [0.4, 0.5) is 5.69 Å². The molecule has 0 fully saturated rings. The van der Waals surface area contributed by atoms with Crippen LogP contribution in [0.5, 0.6) is 0 Å². The van der Waals surface area contributed by atoms with Gasteiger partial charge >= 0.3 is 0 Å². The van der Waals surface area contributed by atoms with Crippen LogP contribution < -0.4 is 16.6 Å². The van der Waals surface area contributed by atoms with Crippen molar-refractivity contribution in [1.29, 1.82) is 0 Å². The van der Waals surface area contributed by atoms with Gasteiger partial charge < -0.3 is 11.1 Å². The number of fused-ring (bicyclic) bond motifs is 1. The molecule has 0 saturated carbocycles. The monoisotopic (exact) mass is 356 g/mol. The smallest absolute Gasteiger partial charge is 0.262 e. The van der Waals surface area contributed by atoms with Crippen LogP contribution >= 0.6 is 11.3 Å². The number of nitrogens with two attached hydrogens (primary N) is 1. The third-order valence-electron chi connectivity index (χ3n) is 3.65. The number of carbonyl (C=O) groups is 2. The summed E-state index contributed by atoms with van der Waals surface area (Å²) in [5.74, 6) is -0.613. The fraction of sp³-hybridized carbons (Fsp3) is 0.176. The van der Waals surface area contributed by atoms with Gasteiger partial charge in [-0.1, -0.05) is 12.1 Å². The number of nitrogens with one attached hydrogen (secondary N) is 1. The van der Waals surface area contributed by atoms with Gasteiger partial charge in [-0.25, -0.2) is 4.98 Å². The minimum absolute atomic E-state index is 0.144. The first kappa shape index (κ1) is 16.8. The number of thiophene rings is 1. The number of nitrogens with zero attached hydrogens (tertiary/aromatic N) is 2. The molecular weight excluding hydrogens is 340 g/mol. The molecule has 25 heavy (non-hydrogen) atoms. The summed E-state index contributed by atoms with van der Waals surface area (Å²) < 4.78 is 1.44. The van der Waals surface area contributed by atoms with Crippen molar-refractivity contribution >= 4 is 39.1 Å². The lowest BCUT2D eigenvalue weighted by Gasteiger charge is -2.07. The Bertz CT molecular complexity index is 975. The topological polar surface area (TPSA) is 107 Å². The summed E-state index contributed by atoms with van der Waals surface area (Å²) in [7, 11) is 0. The molecule has 128 valence electrons. The lowest BCUT2D eigenvalue weighted by Crippen LogP contribution is -2.23. The molecule has 0 radical (unpaired) electrons. The van der Waals surface area contributed by atoms with E-state index in [1.807, 2.05) is 5.38 Å². The first-order chi connectivity index (χ1) is 12.0. The van der Waals surface area contributed by atoms with E-state index in [2.05, 4.69) is 10.3 Å². The summed E-state index contributed by atoms with van der Waals surface area (Å²) in [5.41, 5.74) is 6.40. The van der Waals surface area contributed by atoms with Crippen molar-refractivity contribution in [2.24, 2.45) is 5.73 Å². The summed E-state index contributed by atoms with van der Waals surface area (Å²) in [6, 6.07) is 8.63. The van der Waals surface area contributed by atoms with Crippen LogP contribution in [-0.2, 0) is 22.6 Å². The molecule has 7 nitrogen and oxygen atoms in total. The zero-order valence-corrected chi connectivity index (χ0v) is 14.1. The van der Waals surface area contributed by atoms with E-state index in [-0.39, 0.29) is 30.9 Å². The SMILES string of the molecule is NC(=O)Cc1ccc(NC(=O)CCn2cnc3sccc3c2=O)cc1. The van der Waals surface area contributed by atoms with Crippen LogP contribution in [0.15, 0.2) is 46.8 Å². The largest absolute Gasteiger partial charge is 0.369 e. The Balaban J connectivity index is 1.59. The zero-order valence-electron chi connectivity index (χ0n) is 13.3. The van der Waals surface area contributed by atoms with E-state index in [0.29, 0.717) is 15.9 Å². The summed E-state index contributed by atoms with van der Waals surface area (Å²) in [6.07, 6.45) is 1.78. The number of benzene rings is 1. The predicted octanol–water partition coefficient (Wildman–Crippen LogP) is 1.51. The Hall–Kier alpha value is -3.00. The van der Waals surface area contributed by atoms with Gasteiger partial charge in [-0.2, -0.15) is 0 Å². The normalized spacial score (nSPS) is 10.7. The number of carbonyl (C=O) groups excluding carboxylic acids is 2. The molecule has 1 aromatic carbocycles. The number of aryl methyl sites for hydroxylation is 1. The first-order valence-corrected chi connectivity index (χ1v) is 8.50. The van der Waals surface area contributed by atoms with Crippen LogP contribution in [0.2, 0.25) is 0 Å². The maximum absolute atomic E-state index is 12.2. The molecule has 2 aromatic heterocycles. The average molecular weight is 356 g/mol. The quantitative estimate of drug-likeness (QED) is 0.698. The van der Waals surface area contributed by atoms with Crippen molar-refractivity contribution in [3.05, 3.63) is 58.0 Å². The van der Waals surface area contributed by atoms with Crippen molar-refractivity contribution in [3.63, 3.8) is 0 Å². The number of anilines is 1. The van der Waals surface area contributed by atoms with Gasteiger partial charge in [0.1, 0.15) is 4.83 Å². The number of rotatable bonds is 6. The van der Waals surface area contributed by atoms with Gasteiger partial charge in [-0.3, -0.25) is 19.0 Å². The average Bonchev–Trinajstić information content (AvgIpc) is 3.05. The van der Waals surface area contributed by atoms with Gasteiger partial charge in [0, 0.05) is 18.7 Å². The van der Waals surface area contributed by atoms with E-state index in [9.17, 15) is 14.4 Å². The number of hydrogen-bond donors (Lipinski definition) is 2. The highest BCUT2D eigenvalue weighted by molar-refractivity contribution is 7.16. The highest BCUT2D eigenvalue weighted by Gasteiger charge is 2.08. The summed E-state index contributed by atoms with van der Waals surface area (Å²) in [5, 5.41) is 5.14. The maximum Gasteiger partial charge on any atom is 0.262 e. The van der Waals surface area contributed by atoms with Crippen LogP contribution in [-0.4, -0.2) is 21.4 Å². The van der Waals surface area contributed by atoms with E-state index < -0.39 is 5.91 Å². The lowest BCUT2D eigenvalue weighted by atomic mass is 10.1. The van der Waals surface area contributed by atoms with Crippen LogP contribution in [0.3, 0.4) is 0 Å². The van der Waals surface area contributed by atoms with E-state index in [4.69, 9.17) is 5.73 Å². The van der Waals surface area contributed by atoms with Crippen LogP contribution in [0.1, 0.15) is 12.0 Å². The van der Waals surface area contributed by atoms with Crippen molar-refractivity contribution in [3.8, 4) is 0 Å². The second-order valence-corrected chi connectivity index (χ2v) is 6.42. The molecule has 0 spiro atoms. The summed E-state index contributed by atoms with van der Waals surface area (Å²) in [4.78, 5) is 40.1. The number of primary amides is 1.